The maximum absolute atomic E-state index is 10.3. The number of benzene rings is 1. The number of aliphatic hydroxyl groups excluding tert-OH is 1. The first-order valence-corrected chi connectivity index (χ1v) is 4.40. The van der Waals surface area contributed by atoms with E-state index in [0.29, 0.717) is 6.54 Å². The number of hydrogen-bond acceptors (Lipinski definition) is 4. The van der Waals surface area contributed by atoms with Gasteiger partial charge in [0, 0.05) is 6.54 Å². The molecular formula is C10H13NO5. The summed E-state index contributed by atoms with van der Waals surface area (Å²) in [5.41, 5.74) is 4.94. The van der Waals surface area contributed by atoms with Crippen LogP contribution in [0.5, 0.6) is 0 Å². The Morgan fingerprint density at radius 3 is 1.38 bits per heavy atom. The van der Waals surface area contributed by atoms with Crippen LogP contribution in [-0.4, -0.2) is 40.4 Å². The highest BCUT2D eigenvalue weighted by molar-refractivity contribution is 5.91. The zero-order valence-corrected chi connectivity index (χ0v) is 8.46. The Hall–Kier alpha value is -1.92. The third-order valence-electron chi connectivity index (χ3n) is 1.51. The van der Waals surface area contributed by atoms with Gasteiger partial charge in [0.05, 0.1) is 17.7 Å². The van der Waals surface area contributed by atoms with E-state index < -0.39 is 11.9 Å². The average molecular weight is 227 g/mol. The summed E-state index contributed by atoms with van der Waals surface area (Å²) in [5, 5.41) is 24.7. The summed E-state index contributed by atoms with van der Waals surface area (Å²) in [7, 11) is 0. The smallest absolute Gasteiger partial charge is 0.335 e. The van der Waals surface area contributed by atoms with Gasteiger partial charge in [-0.15, -0.1) is 0 Å². The number of aromatic carboxylic acids is 2. The van der Waals surface area contributed by atoms with Crippen molar-refractivity contribution in [2.24, 2.45) is 5.73 Å². The van der Waals surface area contributed by atoms with Crippen LogP contribution in [0.1, 0.15) is 20.7 Å². The molecule has 6 heteroatoms. The maximum atomic E-state index is 10.3. The van der Waals surface area contributed by atoms with Crippen molar-refractivity contribution in [3.8, 4) is 0 Å². The first kappa shape index (κ1) is 14.1. The van der Waals surface area contributed by atoms with Gasteiger partial charge in [-0.3, -0.25) is 0 Å². The summed E-state index contributed by atoms with van der Waals surface area (Å²) in [6, 6.07) is 5.02. The fourth-order valence-electron chi connectivity index (χ4n) is 0.755. The maximum Gasteiger partial charge on any atom is 0.335 e. The number of carboxylic acid groups (broad SMARTS) is 2. The summed E-state index contributed by atoms with van der Waals surface area (Å²) in [4.78, 5) is 20.7. The molecule has 0 heterocycles. The van der Waals surface area contributed by atoms with Crippen LogP contribution in [0.3, 0.4) is 0 Å². The second-order valence-electron chi connectivity index (χ2n) is 2.70. The molecule has 5 N–H and O–H groups in total. The molecule has 0 unspecified atom stereocenters. The summed E-state index contributed by atoms with van der Waals surface area (Å²) in [5.74, 6) is -2.13. The number of aliphatic hydroxyl groups is 1. The number of hydrogen-bond donors (Lipinski definition) is 4. The van der Waals surface area contributed by atoms with E-state index in [1.165, 1.54) is 24.3 Å². The first-order valence-electron chi connectivity index (χ1n) is 4.40. The number of rotatable bonds is 3. The predicted octanol–water partition coefficient (Wildman–Crippen LogP) is 0.0204. The van der Waals surface area contributed by atoms with E-state index in [2.05, 4.69) is 0 Å². The summed E-state index contributed by atoms with van der Waals surface area (Å²) in [6.45, 7) is 0.472. The highest BCUT2D eigenvalue weighted by atomic mass is 16.4. The van der Waals surface area contributed by atoms with Crippen LogP contribution in [0.4, 0.5) is 0 Å². The topological polar surface area (TPSA) is 121 Å². The van der Waals surface area contributed by atoms with E-state index in [1.54, 1.807) is 0 Å². The number of carbonyl (C=O) groups is 2. The minimum absolute atomic E-state index is 0.0833. The van der Waals surface area contributed by atoms with Gasteiger partial charge >= 0.3 is 11.9 Å². The standard InChI is InChI=1S/C8H6O4.C2H7NO/c9-7(10)5-1-2-6(4-3-5)8(11)12;3-1-2-4/h1-4H,(H,9,10)(H,11,12);4H,1-3H2. The Balaban J connectivity index is 0.000000487. The third kappa shape index (κ3) is 5.08. The molecule has 0 bridgehead atoms. The molecule has 0 aromatic heterocycles. The van der Waals surface area contributed by atoms with Crippen molar-refractivity contribution in [1.29, 1.82) is 0 Å². The number of nitrogens with two attached hydrogens (primary N) is 1. The Bertz CT molecular complexity index is 312. The fourth-order valence-corrected chi connectivity index (χ4v) is 0.755. The van der Waals surface area contributed by atoms with Crippen molar-refractivity contribution in [1.82, 2.24) is 0 Å². The second kappa shape index (κ2) is 7.38. The van der Waals surface area contributed by atoms with Crippen LogP contribution in [0, 0.1) is 0 Å². The van der Waals surface area contributed by atoms with E-state index in [0.717, 1.165) is 0 Å². The lowest BCUT2D eigenvalue weighted by atomic mass is 10.1. The molecule has 6 nitrogen and oxygen atoms in total. The Kier molecular flexibility index (Phi) is 6.50. The van der Waals surface area contributed by atoms with Gasteiger partial charge in [0.2, 0.25) is 0 Å². The van der Waals surface area contributed by atoms with Gasteiger partial charge in [-0.1, -0.05) is 0 Å². The van der Waals surface area contributed by atoms with Crippen molar-refractivity contribution in [2.75, 3.05) is 13.2 Å². The molecule has 1 rings (SSSR count). The first-order chi connectivity index (χ1) is 7.52. The monoisotopic (exact) mass is 227 g/mol. The van der Waals surface area contributed by atoms with Crippen molar-refractivity contribution >= 4 is 11.9 Å². The molecule has 0 fully saturated rings. The Morgan fingerprint density at radius 1 is 1.00 bits per heavy atom. The minimum atomic E-state index is -1.06. The van der Waals surface area contributed by atoms with Gasteiger partial charge < -0.3 is 21.1 Å². The molecule has 0 amide bonds. The molecule has 0 aliphatic heterocycles. The van der Waals surface area contributed by atoms with Crippen LogP contribution in [0.25, 0.3) is 0 Å². The third-order valence-corrected chi connectivity index (χ3v) is 1.51. The van der Waals surface area contributed by atoms with Gasteiger partial charge in [0.1, 0.15) is 0 Å². The van der Waals surface area contributed by atoms with E-state index in [-0.39, 0.29) is 17.7 Å². The lowest BCUT2D eigenvalue weighted by Gasteiger charge is -1.94. The molecule has 1 aromatic carbocycles. The molecular weight excluding hydrogens is 214 g/mol. The van der Waals surface area contributed by atoms with Gasteiger partial charge in [-0.25, -0.2) is 9.59 Å². The van der Waals surface area contributed by atoms with Gasteiger partial charge in [-0.05, 0) is 24.3 Å². The van der Waals surface area contributed by atoms with Crippen LogP contribution in [-0.2, 0) is 0 Å². The molecule has 0 spiro atoms. The van der Waals surface area contributed by atoms with Crippen molar-refractivity contribution in [3.05, 3.63) is 35.4 Å². The molecule has 1 aromatic rings. The highest BCUT2D eigenvalue weighted by Gasteiger charge is 2.04. The van der Waals surface area contributed by atoms with Crippen LogP contribution < -0.4 is 5.73 Å². The molecule has 0 saturated heterocycles. The van der Waals surface area contributed by atoms with E-state index in [4.69, 9.17) is 21.1 Å². The normalized spacial score (nSPS) is 8.88. The van der Waals surface area contributed by atoms with Crippen LogP contribution in [0.15, 0.2) is 24.3 Å². The molecule has 0 aliphatic rings. The Morgan fingerprint density at radius 2 is 1.25 bits per heavy atom. The zero-order valence-electron chi connectivity index (χ0n) is 8.46. The molecule has 16 heavy (non-hydrogen) atoms. The molecule has 88 valence electrons. The summed E-state index contributed by atoms with van der Waals surface area (Å²) < 4.78 is 0. The highest BCUT2D eigenvalue weighted by Crippen LogP contribution is 2.03. The molecule has 0 radical (unpaired) electrons. The van der Waals surface area contributed by atoms with Crippen LogP contribution in [0.2, 0.25) is 0 Å². The van der Waals surface area contributed by atoms with Gasteiger partial charge in [0.15, 0.2) is 0 Å². The van der Waals surface area contributed by atoms with Gasteiger partial charge in [-0.2, -0.15) is 0 Å². The predicted molar refractivity (Wildman–Crippen MR) is 56.5 cm³/mol. The molecule has 0 atom stereocenters. The summed E-state index contributed by atoms with van der Waals surface area (Å²) >= 11 is 0. The van der Waals surface area contributed by atoms with Crippen LogP contribution >= 0.6 is 0 Å². The largest absolute Gasteiger partial charge is 0.478 e. The van der Waals surface area contributed by atoms with E-state index in [1.807, 2.05) is 0 Å². The molecule has 0 saturated carbocycles. The van der Waals surface area contributed by atoms with Crippen molar-refractivity contribution in [2.45, 2.75) is 0 Å². The minimum Gasteiger partial charge on any atom is -0.478 e. The quantitative estimate of drug-likeness (QED) is 0.577. The van der Waals surface area contributed by atoms with Crippen molar-refractivity contribution < 1.29 is 24.9 Å². The average Bonchev–Trinajstić information content (AvgIpc) is 2.29. The lowest BCUT2D eigenvalue weighted by molar-refractivity contribution is 0.0681. The van der Waals surface area contributed by atoms with Crippen molar-refractivity contribution in [3.63, 3.8) is 0 Å². The SMILES string of the molecule is NCCO.O=C(O)c1ccc(C(=O)O)cc1. The van der Waals surface area contributed by atoms with Gasteiger partial charge in [0.25, 0.3) is 0 Å². The second-order valence-corrected chi connectivity index (χ2v) is 2.70. The summed E-state index contributed by atoms with van der Waals surface area (Å²) in [6.07, 6.45) is 0. The zero-order chi connectivity index (χ0) is 12.6. The lowest BCUT2D eigenvalue weighted by Crippen LogP contribution is -2.02. The number of carboxylic acids is 2. The van der Waals surface area contributed by atoms with E-state index in [9.17, 15) is 9.59 Å². The fraction of sp³-hybridized carbons (Fsp3) is 0.200. The molecule has 0 aliphatic carbocycles. The van der Waals surface area contributed by atoms with E-state index >= 15 is 0 Å². The Labute approximate surface area is 91.9 Å².